The fourth-order valence-electron chi connectivity index (χ4n) is 8.47. The summed E-state index contributed by atoms with van der Waals surface area (Å²) >= 11 is 0. The molecule has 0 amide bonds. The molecule has 0 fully saturated rings. The summed E-state index contributed by atoms with van der Waals surface area (Å²) in [6.07, 6.45) is 0. The molecule has 0 radical (unpaired) electrons. The van der Waals surface area contributed by atoms with Gasteiger partial charge in [-0.15, -0.1) is 0 Å². The first-order valence-electron chi connectivity index (χ1n) is 16.9. The van der Waals surface area contributed by atoms with Gasteiger partial charge < -0.3 is 4.42 Å². The number of rotatable bonds is 2. The van der Waals surface area contributed by atoms with Gasteiger partial charge in [-0.1, -0.05) is 152 Å². The van der Waals surface area contributed by atoms with Gasteiger partial charge in [-0.05, 0) is 99.7 Å². The summed E-state index contributed by atoms with van der Waals surface area (Å²) in [5, 5.41) is 17.3. The number of furan rings is 1. The maximum absolute atomic E-state index is 6.68. The van der Waals surface area contributed by atoms with Crippen LogP contribution in [0.1, 0.15) is 0 Å². The van der Waals surface area contributed by atoms with Crippen molar-refractivity contribution in [2.75, 3.05) is 0 Å². The predicted octanol–water partition coefficient (Wildman–Crippen LogP) is 13.8. The monoisotopic (exact) mass is 620 g/mol. The fraction of sp³-hybridized carbons (Fsp3) is 0. The van der Waals surface area contributed by atoms with Gasteiger partial charge in [-0.25, -0.2) is 0 Å². The Labute approximate surface area is 282 Å². The zero-order chi connectivity index (χ0) is 32.1. The van der Waals surface area contributed by atoms with Gasteiger partial charge in [0.15, 0.2) is 0 Å². The highest BCUT2D eigenvalue weighted by Gasteiger charge is 2.20. The van der Waals surface area contributed by atoms with Crippen molar-refractivity contribution < 1.29 is 4.42 Å². The van der Waals surface area contributed by atoms with E-state index in [1.807, 2.05) is 0 Å². The van der Waals surface area contributed by atoms with E-state index in [-0.39, 0.29) is 0 Å². The highest BCUT2D eigenvalue weighted by molar-refractivity contribution is 6.31. The molecular weight excluding hydrogens is 593 g/mol. The Morgan fingerprint density at radius 3 is 1.35 bits per heavy atom. The van der Waals surface area contributed by atoms with E-state index >= 15 is 0 Å². The Bertz CT molecular complexity index is 3100. The molecule has 1 nitrogen and oxygen atoms in total. The number of benzene rings is 10. The van der Waals surface area contributed by atoms with E-state index in [1.165, 1.54) is 86.9 Å². The molecule has 226 valence electrons. The normalized spacial score (nSPS) is 12.1. The second kappa shape index (κ2) is 10.0. The van der Waals surface area contributed by atoms with Crippen molar-refractivity contribution in [3.63, 3.8) is 0 Å². The van der Waals surface area contributed by atoms with E-state index < -0.39 is 0 Å². The van der Waals surface area contributed by atoms with E-state index in [0.717, 1.165) is 21.9 Å². The van der Waals surface area contributed by atoms with Gasteiger partial charge in [0.05, 0.1) is 0 Å². The van der Waals surface area contributed by atoms with Crippen LogP contribution in [0.25, 0.3) is 109 Å². The maximum atomic E-state index is 6.68. The van der Waals surface area contributed by atoms with Crippen LogP contribution in [0.15, 0.2) is 174 Å². The molecule has 0 atom stereocenters. The minimum absolute atomic E-state index is 0.911. The summed E-state index contributed by atoms with van der Waals surface area (Å²) < 4.78 is 6.68. The minimum Gasteiger partial charge on any atom is -0.455 e. The van der Waals surface area contributed by atoms with Gasteiger partial charge in [0.1, 0.15) is 11.2 Å². The molecule has 0 aliphatic carbocycles. The Morgan fingerprint density at radius 1 is 0.286 bits per heavy atom. The largest absolute Gasteiger partial charge is 0.455 e. The van der Waals surface area contributed by atoms with Crippen LogP contribution in [0.3, 0.4) is 0 Å². The van der Waals surface area contributed by atoms with Gasteiger partial charge in [0.2, 0.25) is 0 Å². The first-order chi connectivity index (χ1) is 24.3. The van der Waals surface area contributed by atoms with E-state index in [1.54, 1.807) is 0 Å². The molecule has 0 bridgehead atoms. The molecule has 49 heavy (non-hydrogen) atoms. The Kier molecular flexibility index (Phi) is 5.45. The molecule has 11 aromatic rings. The Morgan fingerprint density at radius 2 is 0.714 bits per heavy atom. The van der Waals surface area contributed by atoms with Crippen LogP contribution in [-0.2, 0) is 0 Å². The van der Waals surface area contributed by atoms with Gasteiger partial charge in [-0.2, -0.15) is 0 Å². The zero-order valence-corrected chi connectivity index (χ0v) is 26.6. The summed E-state index contributed by atoms with van der Waals surface area (Å²) in [5.41, 5.74) is 6.82. The number of hydrogen-bond acceptors (Lipinski definition) is 1. The standard InChI is InChI=1S/C48H28O/c1-2-12-33-29(11-1)21-22-30-23-24-31(27-42(30)33)45-37-16-6-8-18-39(37)46(40-19-9-7-17-38(40)45)32-25-26-44-43(28-32)47-36-15-5-3-13-34(36)35-14-4-10-20-41(35)48(47)49-44/h1-28H. The third kappa shape index (κ3) is 3.76. The van der Waals surface area contributed by atoms with Crippen LogP contribution < -0.4 is 0 Å². The first kappa shape index (κ1) is 26.6. The first-order valence-corrected chi connectivity index (χ1v) is 16.9. The third-order valence-electron chi connectivity index (χ3n) is 10.6. The lowest BCUT2D eigenvalue weighted by Crippen LogP contribution is -1.91. The Balaban J connectivity index is 1.23. The fourth-order valence-corrected chi connectivity index (χ4v) is 8.47. The lowest BCUT2D eigenvalue weighted by atomic mass is 9.85. The average Bonchev–Trinajstić information content (AvgIpc) is 3.56. The smallest absolute Gasteiger partial charge is 0.143 e. The lowest BCUT2D eigenvalue weighted by molar-refractivity contribution is 0.673. The second-order valence-corrected chi connectivity index (χ2v) is 13.2. The summed E-state index contributed by atoms with van der Waals surface area (Å²) in [6, 6.07) is 62.1. The lowest BCUT2D eigenvalue weighted by Gasteiger charge is -2.18. The molecule has 0 saturated heterocycles. The van der Waals surface area contributed by atoms with Gasteiger partial charge in [0.25, 0.3) is 0 Å². The highest BCUT2D eigenvalue weighted by atomic mass is 16.3. The molecule has 0 saturated carbocycles. The molecule has 10 aromatic carbocycles. The van der Waals surface area contributed by atoms with Crippen molar-refractivity contribution in [1.29, 1.82) is 0 Å². The predicted molar refractivity (Wildman–Crippen MR) is 210 cm³/mol. The van der Waals surface area contributed by atoms with E-state index in [4.69, 9.17) is 4.42 Å². The van der Waals surface area contributed by atoms with Crippen molar-refractivity contribution in [2.45, 2.75) is 0 Å². The molecular formula is C48H28O. The molecule has 0 spiro atoms. The van der Waals surface area contributed by atoms with Crippen LogP contribution in [0.4, 0.5) is 0 Å². The molecule has 1 heteroatoms. The van der Waals surface area contributed by atoms with Crippen molar-refractivity contribution in [3.05, 3.63) is 170 Å². The van der Waals surface area contributed by atoms with Crippen molar-refractivity contribution in [3.8, 4) is 22.3 Å². The molecule has 1 aromatic heterocycles. The molecule has 0 aliphatic heterocycles. The van der Waals surface area contributed by atoms with Crippen molar-refractivity contribution in [2.24, 2.45) is 0 Å². The summed E-state index contributed by atoms with van der Waals surface area (Å²) in [4.78, 5) is 0. The third-order valence-corrected chi connectivity index (χ3v) is 10.6. The van der Waals surface area contributed by atoms with Crippen LogP contribution in [0.5, 0.6) is 0 Å². The quantitative estimate of drug-likeness (QED) is 0.138. The summed E-state index contributed by atoms with van der Waals surface area (Å²) in [6.45, 7) is 0. The SMILES string of the molecule is c1ccc2c(c1)ccc1ccc(-c3c4ccccc4c(-c4ccc5oc6c7ccccc7c7ccccc7c6c5c4)c4ccccc34)cc12. The highest BCUT2D eigenvalue weighted by Crippen LogP contribution is 2.47. The topological polar surface area (TPSA) is 13.1 Å². The summed E-state index contributed by atoms with van der Waals surface area (Å²) in [5.74, 6) is 0. The molecule has 0 aliphatic rings. The van der Waals surface area contributed by atoms with Crippen LogP contribution in [0, 0.1) is 0 Å². The van der Waals surface area contributed by atoms with Gasteiger partial charge >= 0.3 is 0 Å². The maximum Gasteiger partial charge on any atom is 0.143 e. The second-order valence-electron chi connectivity index (χ2n) is 13.2. The van der Waals surface area contributed by atoms with Crippen LogP contribution in [0.2, 0.25) is 0 Å². The van der Waals surface area contributed by atoms with E-state index in [2.05, 4.69) is 170 Å². The molecule has 0 unspecified atom stereocenters. The molecule has 11 rings (SSSR count). The number of fused-ring (bicyclic) bond motifs is 13. The van der Waals surface area contributed by atoms with Crippen LogP contribution >= 0.6 is 0 Å². The molecule has 0 N–H and O–H groups in total. The number of hydrogen-bond donors (Lipinski definition) is 0. The van der Waals surface area contributed by atoms with E-state index in [9.17, 15) is 0 Å². The minimum atomic E-state index is 0.911. The Hall–Kier alpha value is -6.44. The van der Waals surface area contributed by atoms with Crippen molar-refractivity contribution in [1.82, 2.24) is 0 Å². The van der Waals surface area contributed by atoms with E-state index in [0.29, 0.717) is 0 Å². The summed E-state index contributed by atoms with van der Waals surface area (Å²) in [7, 11) is 0. The average molecular weight is 621 g/mol. The van der Waals surface area contributed by atoms with Crippen molar-refractivity contribution >= 4 is 86.6 Å². The molecule has 1 heterocycles. The zero-order valence-electron chi connectivity index (χ0n) is 26.6. The van der Waals surface area contributed by atoms with Gasteiger partial charge in [-0.3, -0.25) is 0 Å². The van der Waals surface area contributed by atoms with Crippen LogP contribution in [-0.4, -0.2) is 0 Å². The van der Waals surface area contributed by atoms with Gasteiger partial charge in [0, 0.05) is 16.2 Å².